The van der Waals surface area contributed by atoms with Crippen molar-refractivity contribution in [3.05, 3.63) is 36.3 Å². The van der Waals surface area contributed by atoms with E-state index in [-0.39, 0.29) is 12.1 Å². The molecule has 0 amide bonds. The number of morpholine rings is 1. The lowest BCUT2D eigenvalue weighted by Gasteiger charge is -2.37. The molecule has 0 aliphatic carbocycles. The molecule has 2 atom stereocenters. The maximum absolute atomic E-state index is 5.80. The van der Waals surface area contributed by atoms with Gasteiger partial charge in [0.25, 0.3) is 0 Å². The van der Waals surface area contributed by atoms with Crippen molar-refractivity contribution in [3.63, 3.8) is 0 Å². The van der Waals surface area contributed by atoms with Crippen LogP contribution in [-0.4, -0.2) is 47.1 Å². The molecule has 0 spiro atoms. The van der Waals surface area contributed by atoms with Gasteiger partial charge >= 0.3 is 0 Å². The SMILES string of the molecule is CN1CCOC(CN)C1c1cn2ccccc2n1. The van der Waals surface area contributed by atoms with Crippen molar-refractivity contribution in [1.82, 2.24) is 14.3 Å². The zero-order valence-electron chi connectivity index (χ0n) is 10.5. The monoisotopic (exact) mass is 246 g/mol. The van der Waals surface area contributed by atoms with Crippen LogP contribution in [0.25, 0.3) is 5.65 Å². The molecule has 0 bridgehead atoms. The quantitative estimate of drug-likeness (QED) is 0.846. The third-order valence-electron chi connectivity index (χ3n) is 3.52. The van der Waals surface area contributed by atoms with Crippen LogP contribution in [0.3, 0.4) is 0 Å². The van der Waals surface area contributed by atoms with Gasteiger partial charge in [-0.1, -0.05) is 6.07 Å². The first kappa shape index (κ1) is 11.6. The molecule has 0 aromatic carbocycles. The fraction of sp³-hybridized carbons (Fsp3) is 0.462. The molecule has 2 aromatic rings. The van der Waals surface area contributed by atoms with E-state index < -0.39 is 0 Å². The van der Waals surface area contributed by atoms with Crippen LogP contribution in [0.5, 0.6) is 0 Å². The number of rotatable bonds is 2. The van der Waals surface area contributed by atoms with E-state index in [2.05, 4.69) is 23.1 Å². The van der Waals surface area contributed by atoms with Gasteiger partial charge in [0.05, 0.1) is 24.4 Å². The fourth-order valence-electron chi connectivity index (χ4n) is 2.57. The smallest absolute Gasteiger partial charge is 0.137 e. The normalized spacial score (nSPS) is 25.7. The number of hydrogen-bond acceptors (Lipinski definition) is 4. The van der Waals surface area contributed by atoms with Gasteiger partial charge in [-0.2, -0.15) is 0 Å². The topological polar surface area (TPSA) is 55.8 Å². The first-order valence-corrected chi connectivity index (χ1v) is 6.25. The van der Waals surface area contributed by atoms with Crippen molar-refractivity contribution in [1.29, 1.82) is 0 Å². The van der Waals surface area contributed by atoms with Crippen LogP contribution >= 0.6 is 0 Å². The van der Waals surface area contributed by atoms with E-state index in [1.165, 1.54) is 0 Å². The molecular weight excluding hydrogens is 228 g/mol. The molecule has 2 unspecified atom stereocenters. The average Bonchev–Trinajstić information content (AvgIpc) is 2.81. The number of fused-ring (bicyclic) bond motifs is 1. The van der Waals surface area contributed by atoms with Crippen molar-refractivity contribution in [2.24, 2.45) is 5.73 Å². The fourth-order valence-corrected chi connectivity index (χ4v) is 2.57. The molecule has 1 fully saturated rings. The first-order chi connectivity index (χ1) is 8.79. The summed E-state index contributed by atoms with van der Waals surface area (Å²) in [6, 6.07) is 6.14. The second-order valence-corrected chi connectivity index (χ2v) is 4.70. The summed E-state index contributed by atoms with van der Waals surface area (Å²) in [7, 11) is 2.10. The largest absolute Gasteiger partial charge is 0.374 e. The average molecular weight is 246 g/mol. The number of nitrogens with zero attached hydrogens (tertiary/aromatic N) is 3. The lowest BCUT2D eigenvalue weighted by atomic mass is 10.1. The molecule has 1 aliphatic rings. The van der Waals surface area contributed by atoms with E-state index in [0.717, 1.165) is 24.5 Å². The van der Waals surface area contributed by atoms with E-state index in [0.29, 0.717) is 6.54 Å². The molecule has 0 radical (unpaired) electrons. The number of ether oxygens (including phenoxy) is 1. The minimum absolute atomic E-state index is 0.0219. The van der Waals surface area contributed by atoms with E-state index in [1.807, 2.05) is 28.8 Å². The van der Waals surface area contributed by atoms with Crippen molar-refractivity contribution >= 4 is 5.65 Å². The molecular formula is C13H18N4O. The van der Waals surface area contributed by atoms with Crippen LogP contribution in [0.1, 0.15) is 11.7 Å². The highest BCUT2D eigenvalue weighted by atomic mass is 16.5. The van der Waals surface area contributed by atoms with Crippen molar-refractivity contribution in [2.45, 2.75) is 12.1 Å². The lowest BCUT2D eigenvalue weighted by Crippen LogP contribution is -2.46. The third kappa shape index (κ3) is 1.90. The predicted octanol–water partition coefficient (Wildman–Crippen LogP) is 0.665. The highest BCUT2D eigenvalue weighted by molar-refractivity contribution is 5.40. The van der Waals surface area contributed by atoms with Gasteiger partial charge in [-0.15, -0.1) is 0 Å². The summed E-state index contributed by atoms with van der Waals surface area (Å²) in [4.78, 5) is 6.94. The molecule has 3 rings (SSSR count). The molecule has 1 aliphatic heterocycles. The maximum atomic E-state index is 5.80. The van der Waals surface area contributed by atoms with Gasteiger partial charge in [-0.25, -0.2) is 4.98 Å². The number of hydrogen-bond donors (Lipinski definition) is 1. The van der Waals surface area contributed by atoms with Gasteiger partial charge in [0.1, 0.15) is 5.65 Å². The standard InChI is InChI=1S/C13H18N4O/c1-16-6-7-18-11(8-14)13(16)10-9-17-5-3-2-4-12(17)15-10/h2-5,9,11,13H,6-8,14H2,1H3. The minimum atomic E-state index is 0.0219. The van der Waals surface area contributed by atoms with Crippen LogP contribution in [-0.2, 0) is 4.74 Å². The Labute approximate surface area is 106 Å². The van der Waals surface area contributed by atoms with Gasteiger partial charge in [0.15, 0.2) is 0 Å². The second kappa shape index (κ2) is 4.68. The van der Waals surface area contributed by atoms with Crippen LogP contribution in [0.4, 0.5) is 0 Å². The summed E-state index contributed by atoms with van der Waals surface area (Å²) < 4.78 is 7.78. The van der Waals surface area contributed by atoms with Gasteiger partial charge in [-0.05, 0) is 19.2 Å². The Morgan fingerprint density at radius 1 is 1.50 bits per heavy atom. The summed E-state index contributed by atoms with van der Waals surface area (Å²) in [5.41, 5.74) is 7.79. The number of pyridine rings is 1. The number of nitrogens with two attached hydrogens (primary N) is 1. The number of aromatic nitrogens is 2. The van der Waals surface area contributed by atoms with Crippen LogP contribution in [0, 0.1) is 0 Å². The minimum Gasteiger partial charge on any atom is -0.374 e. The molecule has 96 valence electrons. The van der Waals surface area contributed by atoms with Gasteiger partial charge in [0, 0.05) is 25.5 Å². The highest BCUT2D eigenvalue weighted by Crippen LogP contribution is 2.27. The van der Waals surface area contributed by atoms with Crippen molar-refractivity contribution in [3.8, 4) is 0 Å². The zero-order chi connectivity index (χ0) is 12.5. The van der Waals surface area contributed by atoms with Crippen molar-refractivity contribution in [2.75, 3.05) is 26.7 Å². The van der Waals surface area contributed by atoms with Gasteiger partial charge in [-0.3, -0.25) is 4.90 Å². The van der Waals surface area contributed by atoms with Crippen molar-refractivity contribution < 1.29 is 4.74 Å². The molecule has 0 saturated carbocycles. The summed E-state index contributed by atoms with van der Waals surface area (Å²) in [6.45, 7) is 2.17. The zero-order valence-corrected chi connectivity index (χ0v) is 10.5. The van der Waals surface area contributed by atoms with Gasteiger partial charge in [0.2, 0.25) is 0 Å². The van der Waals surface area contributed by atoms with E-state index in [1.54, 1.807) is 0 Å². The van der Waals surface area contributed by atoms with E-state index in [9.17, 15) is 0 Å². The summed E-state index contributed by atoms with van der Waals surface area (Å²) in [5, 5.41) is 0. The Balaban J connectivity index is 2.00. The first-order valence-electron chi connectivity index (χ1n) is 6.25. The molecule has 5 nitrogen and oxygen atoms in total. The lowest BCUT2D eigenvalue weighted by molar-refractivity contribution is -0.0588. The Morgan fingerprint density at radius 3 is 3.17 bits per heavy atom. The summed E-state index contributed by atoms with van der Waals surface area (Å²) in [6.07, 6.45) is 4.09. The van der Waals surface area contributed by atoms with Gasteiger partial charge < -0.3 is 14.9 Å². The molecule has 3 heterocycles. The van der Waals surface area contributed by atoms with E-state index in [4.69, 9.17) is 10.5 Å². The highest BCUT2D eigenvalue weighted by Gasteiger charge is 2.32. The second-order valence-electron chi connectivity index (χ2n) is 4.70. The third-order valence-corrected chi connectivity index (χ3v) is 3.52. The number of imidazole rings is 1. The van der Waals surface area contributed by atoms with E-state index >= 15 is 0 Å². The predicted molar refractivity (Wildman–Crippen MR) is 69.4 cm³/mol. The molecule has 2 N–H and O–H groups in total. The maximum Gasteiger partial charge on any atom is 0.137 e. The van der Waals surface area contributed by atoms with Crippen LogP contribution in [0.2, 0.25) is 0 Å². The molecule has 1 saturated heterocycles. The summed E-state index contributed by atoms with van der Waals surface area (Å²) >= 11 is 0. The van der Waals surface area contributed by atoms with Crippen LogP contribution < -0.4 is 5.73 Å². The Bertz CT molecular complexity index is 506. The molecule has 2 aromatic heterocycles. The van der Waals surface area contributed by atoms with Crippen LogP contribution in [0.15, 0.2) is 30.6 Å². The molecule has 5 heteroatoms. The Hall–Kier alpha value is -1.43. The molecule has 18 heavy (non-hydrogen) atoms. The Kier molecular flexibility index (Phi) is 3.03. The summed E-state index contributed by atoms with van der Waals surface area (Å²) in [5.74, 6) is 0. The number of likely N-dealkylation sites (N-methyl/N-ethyl adjacent to an activating group) is 1. The Morgan fingerprint density at radius 2 is 2.39 bits per heavy atom.